The Hall–Kier alpha value is -2.19. The van der Waals surface area contributed by atoms with Gasteiger partial charge in [-0.3, -0.25) is 4.79 Å². The molecule has 0 spiro atoms. The van der Waals surface area contributed by atoms with Crippen molar-refractivity contribution in [2.24, 2.45) is 0 Å². The predicted molar refractivity (Wildman–Crippen MR) is 121 cm³/mol. The summed E-state index contributed by atoms with van der Waals surface area (Å²) in [4.78, 5) is 32.3. The van der Waals surface area contributed by atoms with E-state index in [-0.39, 0.29) is 17.6 Å². The first-order chi connectivity index (χ1) is 14.6. The maximum absolute atomic E-state index is 13.9. The van der Waals surface area contributed by atoms with Crippen LogP contribution >= 0.6 is 45.9 Å². The van der Waals surface area contributed by atoms with E-state index in [1.54, 1.807) is 12.4 Å². The van der Waals surface area contributed by atoms with Crippen LogP contribution in [-0.2, 0) is 17.6 Å². The summed E-state index contributed by atoms with van der Waals surface area (Å²) >= 11 is 15.2. The SMILES string of the molecule is O=C(C(Cc1ccncn1)c1ccc(Cl)s1)C(Cc1ccncn1)c1ccc(Cl)s1. The zero-order valence-electron chi connectivity index (χ0n) is 15.6. The number of ketones is 1. The van der Waals surface area contributed by atoms with Crippen LogP contribution in [0.4, 0.5) is 0 Å². The molecule has 0 radical (unpaired) electrons. The van der Waals surface area contributed by atoms with Gasteiger partial charge in [0.25, 0.3) is 0 Å². The second kappa shape index (κ2) is 9.75. The Morgan fingerprint density at radius 3 is 1.57 bits per heavy atom. The first-order valence-electron chi connectivity index (χ1n) is 9.14. The molecule has 0 aliphatic heterocycles. The quantitative estimate of drug-likeness (QED) is 0.331. The van der Waals surface area contributed by atoms with Crippen molar-refractivity contribution in [2.75, 3.05) is 0 Å². The molecule has 2 unspecified atom stereocenters. The molecule has 0 aliphatic rings. The number of halogens is 2. The lowest BCUT2D eigenvalue weighted by Gasteiger charge is -2.21. The molecule has 0 saturated carbocycles. The summed E-state index contributed by atoms with van der Waals surface area (Å²) in [6.07, 6.45) is 7.30. The third-order valence-electron chi connectivity index (χ3n) is 4.67. The van der Waals surface area contributed by atoms with Crippen molar-refractivity contribution in [1.29, 1.82) is 0 Å². The summed E-state index contributed by atoms with van der Waals surface area (Å²) < 4.78 is 1.30. The van der Waals surface area contributed by atoms with Gasteiger partial charge in [0.05, 0.1) is 20.5 Å². The molecular formula is C21H16Cl2N4OS2. The highest BCUT2D eigenvalue weighted by molar-refractivity contribution is 7.16. The molecule has 0 aliphatic carbocycles. The summed E-state index contributed by atoms with van der Waals surface area (Å²) in [7, 11) is 0. The van der Waals surface area contributed by atoms with E-state index in [4.69, 9.17) is 23.2 Å². The summed E-state index contributed by atoms with van der Waals surface area (Å²) in [5.41, 5.74) is 1.61. The zero-order valence-corrected chi connectivity index (χ0v) is 18.8. The number of hydrogen-bond acceptors (Lipinski definition) is 7. The van der Waals surface area contributed by atoms with E-state index >= 15 is 0 Å². The maximum Gasteiger partial charge on any atom is 0.150 e. The van der Waals surface area contributed by atoms with Crippen molar-refractivity contribution >= 4 is 51.7 Å². The fourth-order valence-corrected chi connectivity index (χ4v) is 5.59. The van der Waals surface area contributed by atoms with Gasteiger partial charge in [-0.05, 0) is 36.4 Å². The highest BCUT2D eigenvalue weighted by Gasteiger charge is 2.32. The van der Waals surface area contributed by atoms with E-state index in [9.17, 15) is 4.79 Å². The lowest BCUT2D eigenvalue weighted by atomic mass is 9.84. The molecule has 0 saturated heterocycles. The number of carbonyl (C=O) groups excluding carboxylic acids is 1. The molecule has 2 atom stereocenters. The fraction of sp³-hybridized carbons (Fsp3) is 0.190. The number of aromatic nitrogens is 4. The molecule has 4 rings (SSSR count). The molecule has 0 fully saturated rings. The lowest BCUT2D eigenvalue weighted by molar-refractivity contribution is -0.121. The number of thiophene rings is 2. The minimum absolute atomic E-state index is 0.0873. The summed E-state index contributed by atoms with van der Waals surface area (Å²) in [5, 5.41) is 0. The first-order valence-corrected chi connectivity index (χ1v) is 11.5. The van der Waals surface area contributed by atoms with E-state index < -0.39 is 0 Å². The number of nitrogens with zero attached hydrogens (tertiary/aromatic N) is 4. The molecule has 4 aromatic rings. The molecule has 4 aromatic heterocycles. The molecule has 4 heterocycles. The van der Waals surface area contributed by atoms with Gasteiger partial charge < -0.3 is 0 Å². The Morgan fingerprint density at radius 2 is 1.23 bits per heavy atom. The highest BCUT2D eigenvalue weighted by Crippen LogP contribution is 2.38. The van der Waals surface area contributed by atoms with Crippen molar-refractivity contribution < 1.29 is 4.79 Å². The number of hydrogen-bond donors (Lipinski definition) is 0. The van der Waals surface area contributed by atoms with Crippen molar-refractivity contribution in [2.45, 2.75) is 24.7 Å². The Labute approximate surface area is 191 Å². The van der Waals surface area contributed by atoms with Crippen LogP contribution in [0, 0.1) is 0 Å². The van der Waals surface area contributed by atoms with Crippen molar-refractivity contribution in [3.8, 4) is 0 Å². The van der Waals surface area contributed by atoms with Crippen molar-refractivity contribution in [1.82, 2.24) is 19.9 Å². The van der Waals surface area contributed by atoms with Gasteiger partial charge in [-0.15, -0.1) is 22.7 Å². The third-order valence-corrected chi connectivity index (χ3v) is 7.36. The predicted octanol–water partition coefficient (Wildman–Crippen LogP) is 5.62. The van der Waals surface area contributed by atoms with Gasteiger partial charge in [0, 0.05) is 46.4 Å². The second-order valence-corrected chi connectivity index (χ2v) is 10.1. The van der Waals surface area contributed by atoms with Gasteiger partial charge in [-0.1, -0.05) is 23.2 Å². The Morgan fingerprint density at radius 1 is 0.767 bits per heavy atom. The van der Waals surface area contributed by atoms with Crippen molar-refractivity contribution in [3.05, 3.63) is 91.3 Å². The number of carbonyl (C=O) groups is 1. The van der Waals surface area contributed by atoms with Gasteiger partial charge in [0.1, 0.15) is 18.4 Å². The van der Waals surface area contributed by atoms with E-state index in [2.05, 4.69) is 19.9 Å². The molecule has 0 N–H and O–H groups in total. The first kappa shape index (κ1) is 21.1. The van der Waals surface area contributed by atoms with Gasteiger partial charge in [-0.2, -0.15) is 0 Å². The van der Waals surface area contributed by atoms with Crippen LogP contribution in [0.5, 0.6) is 0 Å². The van der Waals surface area contributed by atoms with Gasteiger partial charge in [0.2, 0.25) is 0 Å². The Bertz CT molecular complexity index is 1030. The molecule has 30 heavy (non-hydrogen) atoms. The molecule has 0 amide bonds. The average Bonchev–Trinajstić information content (AvgIpc) is 3.39. The van der Waals surface area contributed by atoms with E-state index in [1.165, 1.54) is 35.3 Å². The van der Waals surface area contributed by atoms with E-state index in [0.29, 0.717) is 21.5 Å². The molecular weight excluding hydrogens is 459 g/mol. The van der Waals surface area contributed by atoms with Crippen LogP contribution in [0.1, 0.15) is 33.0 Å². The number of Topliss-reactive ketones (excluding diaryl/α,β-unsaturated/α-hetero) is 1. The van der Waals surface area contributed by atoms with Crippen LogP contribution < -0.4 is 0 Å². The van der Waals surface area contributed by atoms with Crippen LogP contribution in [0.15, 0.2) is 61.4 Å². The Kier molecular flexibility index (Phi) is 6.84. The smallest absolute Gasteiger partial charge is 0.150 e. The molecule has 9 heteroatoms. The average molecular weight is 475 g/mol. The van der Waals surface area contributed by atoms with Crippen LogP contribution in [-0.4, -0.2) is 25.7 Å². The summed E-state index contributed by atoms with van der Waals surface area (Å²) in [6.45, 7) is 0. The molecule has 0 aromatic carbocycles. The lowest BCUT2D eigenvalue weighted by Crippen LogP contribution is -2.24. The minimum atomic E-state index is -0.384. The minimum Gasteiger partial charge on any atom is -0.298 e. The normalized spacial score (nSPS) is 13.1. The van der Waals surface area contributed by atoms with E-state index in [1.807, 2.05) is 36.4 Å². The maximum atomic E-state index is 13.9. The zero-order chi connectivity index (χ0) is 20.9. The van der Waals surface area contributed by atoms with Crippen LogP contribution in [0.25, 0.3) is 0 Å². The fourth-order valence-electron chi connectivity index (χ4n) is 3.25. The largest absolute Gasteiger partial charge is 0.298 e. The highest BCUT2D eigenvalue weighted by atomic mass is 35.5. The monoisotopic (exact) mass is 474 g/mol. The van der Waals surface area contributed by atoms with Gasteiger partial charge >= 0.3 is 0 Å². The second-order valence-electron chi connectivity index (χ2n) is 6.60. The van der Waals surface area contributed by atoms with Gasteiger partial charge in [0.15, 0.2) is 0 Å². The number of rotatable bonds is 8. The van der Waals surface area contributed by atoms with Crippen LogP contribution in [0.2, 0.25) is 8.67 Å². The third kappa shape index (κ3) is 5.10. The molecule has 5 nitrogen and oxygen atoms in total. The van der Waals surface area contributed by atoms with E-state index in [0.717, 1.165) is 21.1 Å². The standard InChI is InChI=1S/C21H16Cl2N4OS2/c22-19-3-1-17(29-19)15(9-13-5-7-24-11-26-13)21(28)16(18-2-4-20(23)30-18)10-14-6-8-25-12-27-14/h1-8,11-12,15-16H,9-10H2. The Balaban J connectivity index is 1.71. The topological polar surface area (TPSA) is 68.6 Å². The summed E-state index contributed by atoms with van der Waals surface area (Å²) in [6, 6.07) is 11.1. The van der Waals surface area contributed by atoms with Crippen molar-refractivity contribution in [3.63, 3.8) is 0 Å². The molecule has 0 bridgehead atoms. The molecule has 152 valence electrons. The van der Waals surface area contributed by atoms with Crippen LogP contribution in [0.3, 0.4) is 0 Å². The van der Waals surface area contributed by atoms with Gasteiger partial charge in [-0.25, -0.2) is 19.9 Å². The summed E-state index contributed by atoms with van der Waals surface area (Å²) in [5.74, 6) is -0.681.